The molecule has 1 atom stereocenters. The Balaban J connectivity index is 2.66. The molecule has 4 nitrogen and oxygen atoms in total. The van der Waals surface area contributed by atoms with Crippen LogP contribution in [0.25, 0.3) is 0 Å². The molecule has 0 aromatic carbocycles. The van der Waals surface area contributed by atoms with Crippen LogP contribution in [0, 0.1) is 0 Å². The number of hydrogen-bond acceptors (Lipinski definition) is 3. The van der Waals surface area contributed by atoms with Gasteiger partial charge in [0.25, 0.3) is 0 Å². The van der Waals surface area contributed by atoms with Crippen LogP contribution in [-0.2, 0) is 16.0 Å². The van der Waals surface area contributed by atoms with Crippen LogP contribution in [0.5, 0.6) is 0 Å². The van der Waals surface area contributed by atoms with Crippen molar-refractivity contribution in [3.63, 3.8) is 0 Å². The van der Waals surface area contributed by atoms with Gasteiger partial charge in [0, 0.05) is 13.3 Å². The van der Waals surface area contributed by atoms with Gasteiger partial charge in [-0.3, -0.25) is 4.79 Å². The molecule has 6 heteroatoms. The second-order valence-corrected chi connectivity index (χ2v) is 5.35. The Morgan fingerprint density at radius 3 is 2.73 bits per heavy atom. The van der Waals surface area contributed by atoms with Crippen molar-refractivity contribution in [2.75, 3.05) is 0 Å². The van der Waals surface area contributed by atoms with E-state index in [1.165, 1.54) is 18.3 Å². The van der Waals surface area contributed by atoms with Gasteiger partial charge >= 0.3 is 5.97 Å². The maximum Gasteiger partial charge on any atom is 0.326 e. The molecular weight excluding hydrogens is 282 g/mol. The predicted octanol–water partition coefficient (Wildman–Crippen LogP) is 1.64. The molecule has 0 spiro atoms. The van der Waals surface area contributed by atoms with Crippen LogP contribution in [0.3, 0.4) is 0 Å². The minimum atomic E-state index is -1.02. The Morgan fingerprint density at radius 1 is 1.67 bits per heavy atom. The average molecular weight is 292 g/mol. The molecule has 0 saturated heterocycles. The van der Waals surface area contributed by atoms with Crippen molar-refractivity contribution >= 4 is 39.1 Å². The molecule has 0 aliphatic rings. The molecule has 2 N–H and O–H groups in total. The number of carbonyl (C=O) groups is 2. The molecule has 1 heterocycles. The van der Waals surface area contributed by atoms with Crippen LogP contribution in [-0.4, -0.2) is 23.0 Å². The standard InChI is InChI=1S/C9H10BrNO3S/c1-5(12)11-7(9(13)14)2-6-3-8(10)15-4-6/h3-4,7H,2H2,1H3,(H,11,12)(H,13,14). The van der Waals surface area contributed by atoms with E-state index >= 15 is 0 Å². The zero-order valence-corrected chi connectivity index (χ0v) is 10.4. The van der Waals surface area contributed by atoms with Crippen molar-refractivity contribution in [1.82, 2.24) is 5.32 Å². The minimum Gasteiger partial charge on any atom is -0.480 e. The van der Waals surface area contributed by atoms with Crippen LogP contribution in [0.4, 0.5) is 0 Å². The predicted molar refractivity (Wildman–Crippen MR) is 61.0 cm³/mol. The highest BCUT2D eigenvalue weighted by Crippen LogP contribution is 2.21. The normalized spacial score (nSPS) is 12.1. The van der Waals surface area contributed by atoms with Gasteiger partial charge in [-0.05, 0) is 32.9 Å². The number of hydrogen-bond donors (Lipinski definition) is 2. The number of aliphatic carboxylic acids is 1. The van der Waals surface area contributed by atoms with Gasteiger partial charge < -0.3 is 10.4 Å². The maximum absolute atomic E-state index is 10.8. The van der Waals surface area contributed by atoms with Crippen LogP contribution < -0.4 is 5.32 Å². The number of carboxylic acids is 1. The van der Waals surface area contributed by atoms with E-state index in [1.807, 2.05) is 11.4 Å². The molecule has 1 aromatic heterocycles. The largest absolute Gasteiger partial charge is 0.480 e. The number of rotatable bonds is 4. The van der Waals surface area contributed by atoms with Gasteiger partial charge in [-0.15, -0.1) is 11.3 Å². The fraction of sp³-hybridized carbons (Fsp3) is 0.333. The first-order chi connectivity index (χ1) is 6.99. The fourth-order valence-electron chi connectivity index (χ4n) is 1.13. The number of amides is 1. The lowest BCUT2D eigenvalue weighted by Gasteiger charge is -2.11. The van der Waals surface area contributed by atoms with E-state index in [0.29, 0.717) is 6.42 Å². The van der Waals surface area contributed by atoms with Crippen molar-refractivity contribution in [3.8, 4) is 0 Å². The Labute approximate surface area is 99.4 Å². The lowest BCUT2D eigenvalue weighted by molar-refractivity contribution is -0.141. The van der Waals surface area contributed by atoms with E-state index in [2.05, 4.69) is 21.2 Å². The smallest absolute Gasteiger partial charge is 0.326 e. The van der Waals surface area contributed by atoms with E-state index in [-0.39, 0.29) is 5.91 Å². The summed E-state index contributed by atoms with van der Waals surface area (Å²) in [4.78, 5) is 21.6. The van der Waals surface area contributed by atoms with Crippen molar-refractivity contribution < 1.29 is 14.7 Å². The highest BCUT2D eigenvalue weighted by molar-refractivity contribution is 9.11. The fourth-order valence-corrected chi connectivity index (χ4v) is 2.36. The van der Waals surface area contributed by atoms with Crippen LogP contribution >= 0.6 is 27.3 Å². The highest BCUT2D eigenvalue weighted by atomic mass is 79.9. The third-order valence-electron chi connectivity index (χ3n) is 1.74. The molecule has 1 unspecified atom stereocenters. The van der Waals surface area contributed by atoms with Crippen molar-refractivity contribution in [2.45, 2.75) is 19.4 Å². The lowest BCUT2D eigenvalue weighted by atomic mass is 10.1. The zero-order valence-electron chi connectivity index (χ0n) is 7.99. The summed E-state index contributed by atoms with van der Waals surface area (Å²) in [5, 5.41) is 13.1. The van der Waals surface area contributed by atoms with Crippen molar-refractivity contribution in [1.29, 1.82) is 0 Å². The molecule has 1 amide bonds. The van der Waals surface area contributed by atoms with E-state index in [9.17, 15) is 9.59 Å². The number of halogens is 1. The summed E-state index contributed by atoms with van der Waals surface area (Å²) in [6.45, 7) is 1.31. The van der Waals surface area contributed by atoms with Gasteiger partial charge in [0.05, 0.1) is 3.79 Å². The quantitative estimate of drug-likeness (QED) is 0.886. The van der Waals surface area contributed by atoms with Crippen molar-refractivity contribution in [2.24, 2.45) is 0 Å². The molecule has 0 fully saturated rings. The first-order valence-corrected chi connectivity index (χ1v) is 5.89. The first-order valence-electron chi connectivity index (χ1n) is 4.22. The first kappa shape index (κ1) is 12.2. The second-order valence-electron chi connectivity index (χ2n) is 3.05. The molecule has 1 aromatic rings. The average Bonchev–Trinajstić information content (AvgIpc) is 2.49. The van der Waals surface area contributed by atoms with Crippen LogP contribution in [0.2, 0.25) is 0 Å². The number of thiophene rings is 1. The number of carbonyl (C=O) groups excluding carboxylic acids is 1. The maximum atomic E-state index is 10.8. The van der Waals surface area contributed by atoms with E-state index < -0.39 is 12.0 Å². The second kappa shape index (κ2) is 5.27. The third-order valence-corrected chi connectivity index (χ3v) is 3.29. The monoisotopic (exact) mass is 291 g/mol. The van der Waals surface area contributed by atoms with Crippen molar-refractivity contribution in [3.05, 3.63) is 20.8 Å². The van der Waals surface area contributed by atoms with Gasteiger partial charge in [0.1, 0.15) is 6.04 Å². The summed E-state index contributed by atoms with van der Waals surface area (Å²) in [7, 11) is 0. The Morgan fingerprint density at radius 2 is 2.33 bits per heavy atom. The summed E-state index contributed by atoms with van der Waals surface area (Å²) >= 11 is 4.78. The Bertz CT molecular complexity index is 377. The molecule has 15 heavy (non-hydrogen) atoms. The summed E-state index contributed by atoms with van der Waals surface area (Å²) in [6.07, 6.45) is 0.303. The molecule has 0 aliphatic heterocycles. The Kier molecular flexibility index (Phi) is 4.28. The minimum absolute atomic E-state index is 0.303. The molecule has 1 rings (SSSR count). The van der Waals surface area contributed by atoms with E-state index in [4.69, 9.17) is 5.11 Å². The summed E-state index contributed by atoms with van der Waals surface area (Å²) in [6, 6.07) is 0.992. The highest BCUT2D eigenvalue weighted by Gasteiger charge is 2.19. The molecular formula is C9H10BrNO3S. The van der Waals surface area contributed by atoms with Gasteiger partial charge in [0.15, 0.2) is 0 Å². The third kappa shape index (κ3) is 4.01. The van der Waals surface area contributed by atoms with Gasteiger partial charge in [-0.1, -0.05) is 0 Å². The summed E-state index contributed by atoms with van der Waals surface area (Å²) in [5.41, 5.74) is 0.896. The van der Waals surface area contributed by atoms with Gasteiger partial charge in [-0.2, -0.15) is 0 Å². The number of nitrogens with one attached hydrogen (secondary N) is 1. The SMILES string of the molecule is CC(=O)NC(Cc1csc(Br)c1)C(=O)O. The van der Waals surface area contributed by atoms with E-state index in [1.54, 1.807) is 0 Å². The van der Waals surface area contributed by atoms with Crippen LogP contribution in [0.15, 0.2) is 15.2 Å². The lowest BCUT2D eigenvalue weighted by Crippen LogP contribution is -2.41. The summed E-state index contributed by atoms with van der Waals surface area (Å²) in [5.74, 6) is -1.36. The topological polar surface area (TPSA) is 66.4 Å². The molecule has 0 saturated carbocycles. The molecule has 82 valence electrons. The van der Waals surface area contributed by atoms with Gasteiger partial charge in [-0.25, -0.2) is 4.79 Å². The molecule has 0 radical (unpaired) electrons. The van der Waals surface area contributed by atoms with Crippen LogP contribution in [0.1, 0.15) is 12.5 Å². The zero-order chi connectivity index (χ0) is 11.4. The van der Waals surface area contributed by atoms with Gasteiger partial charge in [0.2, 0.25) is 5.91 Å². The van der Waals surface area contributed by atoms with E-state index in [0.717, 1.165) is 9.35 Å². The molecule has 0 aliphatic carbocycles. The molecule has 0 bridgehead atoms. The number of carboxylic acid groups (broad SMARTS) is 1. The Hall–Kier alpha value is -0.880. The summed E-state index contributed by atoms with van der Waals surface area (Å²) < 4.78 is 0.949.